The van der Waals surface area contributed by atoms with Crippen LogP contribution in [-0.2, 0) is 4.79 Å². The fraction of sp³-hybridized carbons (Fsp3) is 0.318. The van der Waals surface area contributed by atoms with E-state index in [4.69, 9.17) is 5.73 Å². The number of nitrogens with two attached hydrogens (primary N) is 1. The summed E-state index contributed by atoms with van der Waals surface area (Å²) in [6.07, 6.45) is 4.97. The van der Waals surface area contributed by atoms with Gasteiger partial charge >= 0.3 is 0 Å². The number of nitrogens with one attached hydrogen (secondary N) is 1. The third-order valence-corrected chi connectivity index (χ3v) is 5.50. The first-order chi connectivity index (χ1) is 14.0. The van der Waals surface area contributed by atoms with E-state index in [1.165, 1.54) is 6.07 Å². The van der Waals surface area contributed by atoms with Crippen molar-refractivity contribution in [3.63, 3.8) is 0 Å². The van der Waals surface area contributed by atoms with E-state index in [9.17, 15) is 9.18 Å². The molecule has 0 spiro atoms. The van der Waals surface area contributed by atoms with Gasteiger partial charge in [-0.2, -0.15) is 0 Å². The molecule has 1 aromatic heterocycles. The van der Waals surface area contributed by atoms with Crippen molar-refractivity contribution in [2.45, 2.75) is 44.7 Å². The number of nitrogens with zero attached hydrogens (tertiary/aromatic N) is 3. The van der Waals surface area contributed by atoms with Crippen molar-refractivity contribution in [2.75, 3.05) is 5.73 Å². The second-order valence-electron chi connectivity index (χ2n) is 7.47. The maximum atomic E-state index is 14.2. The molecule has 1 saturated carbocycles. The predicted octanol–water partition coefficient (Wildman–Crippen LogP) is 3.95. The van der Waals surface area contributed by atoms with E-state index in [-0.39, 0.29) is 23.8 Å². The molecule has 3 N–H and O–H groups in total. The van der Waals surface area contributed by atoms with Gasteiger partial charge < -0.3 is 11.1 Å². The molecular weight excluding hydrogens is 369 g/mol. The van der Waals surface area contributed by atoms with E-state index in [0.29, 0.717) is 17.7 Å². The molecule has 0 radical (unpaired) electrons. The second kappa shape index (κ2) is 8.03. The van der Waals surface area contributed by atoms with Crippen LogP contribution in [0.2, 0.25) is 0 Å². The minimum atomic E-state index is -0.337. The first kappa shape index (κ1) is 19.1. The van der Waals surface area contributed by atoms with Gasteiger partial charge in [-0.05, 0) is 43.0 Å². The summed E-state index contributed by atoms with van der Waals surface area (Å²) in [4.78, 5) is 11.7. The number of rotatable bonds is 5. The summed E-state index contributed by atoms with van der Waals surface area (Å²) in [5.74, 6) is -0.254. The van der Waals surface area contributed by atoms with Crippen LogP contribution in [0.4, 0.5) is 10.1 Å². The summed E-state index contributed by atoms with van der Waals surface area (Å²) < 4.78 is 16.1. The van der Waals surface area contributed by atoms with Gasteiger partial charge in [-0.1, -0.05) is 36.4 Å². The Bertz CT molecular complexity index is 1010. The van der Waals surface area contributed by atoms with Crippen LogP contribution >= 0.6 is 0 Å². The SMILES string of the molecule is CCC(=O)N[C@H]1CCC(n2nncc2-c2ccc(-c3ccc(N)cc3F)cc2)C1. The molecule has 6 nitrogen and oxygen atoms in total. The Morgan fingerprint density at radius 2 is 1.97 bits per heavy atom. The van der Waals surface area contributed by atoms with Crippen LogP contribution in [0.5, 0.6) is 0 Å². The molecular formula is C22H24FN5O. The molecule has 7 heteroatoms. The highest BCUT2D eigenvalue weighted by atomic mass is 19.1. The summed E-state index contributed by atoms with van der Waals surface area (Å²) in [6, 6.07) is 12.8. The van der Waals surface area contributed by atoms with Gasteiger partial charge in [0.2, 0.25) is 5.91 Å². The minimum absolute atomic E-state index is 0.0833. The number of carbonyl (C=O) groups is 1. The summed E-state index contributed by atoms with van der Waals surface area (Å²) >= 11 is 0. The van der Waals surface area contributed by atoms with E-state index in [2.05, 4.69) is 15.6 Å². The molecule has 1 unspecified atom stereocenters. The smallest absolute Gasteiger partial charge is 0.219 e. The molecule has 1 heterocycles. The van der Waals surface area contributed by atoms with E-state index < -0.39 is 0 Å². The first-order valence-corrected chi connectivity index (χ1v) is 9.90. The van der Waals surface area contributed by atoms with E-state index >= 15 is 0 Å². The number of halogens is 1. The number of carbonyl (C=O) groups excluding carboxylic acids is 1. The van der Waals surface area contributed by atoms with Crippen LogP contribution in [0.25, 0.3) is 22.4 Å². The largest absolute Gasteiger partial charge is 0.399 e. The first-order valence-electron chi connectivity index (χ1n) is 9.90. The third kappa shape index (κ3) is 3.99. The van der Waals surface area contributed by atoms with Crippen molar-refractivity contribution in [3.8, 4) is 22.4 Å². The fourth-order valence-electron chi connectivity index (χ4n) is 3.95. The highest BCUT2D eigenvalue weighted by molar-refractivity contribution is 5.75. The number of benzene rings is 2. The lowest BCUT2D eigenvalue weighted by Crippen LogP contribution is -2.32. The molecule has 0 saturated heterocycles. The predicted molar refractivity (Wildman–Crippen MR) is 110 cm³/mol. The Morgan fingerprint density at radius 1 is 1.21 bits per heavy atom. The van der Waals surface area contributed by atoms with Gasteiger partial charge in [0, 0.05) is 29.3 Å². The van der Waals surface area contributed by atoms with Crippen LogP contribution < -0.4 is 11.1 Å². The maximum Gasteiger partial charge on any atom is 0.219 e. The van der Waals surface area contributed by atoms with E-state index in [0.717, 1.165) is 36.1 Å². The molecule has 150 valence electrons. The topological polar surface area (TPSA) is 85.8 Å². The summed E-state index contributed by atoms with van der Waals surface area (Å²) in [5.41, 5.74) is 9.23. The lowest BCUT2D eigenvalue weighted by atomic mass is 10.0. The zero-order chi connectivity index (χ0) is 20.4. The lowest BCUT2D eigenvalue weighted by molar-refractivity contribution is -0.121. The number of aromatic nitrogens is 3. The molecule has 29 heavy (non-hydrogen) atoms. The molecule has 0 bridgehead atoms. The molecule has 1 fully saturated rings. The van der Waals surface area contributed by atoms with Crippen LogP contribution in [-0.4, -0.2) is 26.9 Å². The van der Waals surface area contributed by atoms with E-state index in [1.54, 1.807) is 18.3 Å². The Kier molecular flexibility index (Phi) is 5.29. The zero-order valence-electron chi connectivity index (χ0n) is 16.3. The number of amides is 1. The molecule has 2 atom stereocenters. The fourth-order valence-corrected chi connectivity index (χ4v) is 3.95. The summed E-state index contributed by atoms with van der Waals surface area (Å²) in [7, 11) is 0. The molecule has 2 aromatic carbocycles. The highest BCUT2D eigenvalue weighted by Gasteiger charge is 2.29. The second-order valence-corrected chi connectivity index (χ2v) is 7.47. The molecule has 1 amide bonds. The number of nitrogen functional groups attached to an aromatic ring is 1. The average molecular weight is 393 g/mol. The maximum absolute atomic E-state index is 14.2. The quantitative estimate of drug-likeness (QED) is 0.643. The zero-order valence-corrected chi connectivity index (χ0v) is 16.3. The van der Waals surface area contributed by atoms with Gasteiger partial charge in [-0.3, -0.25) is 4.79 Å². The van der Waals surface area contributed by atoms with Gasteiger partial charge in [-0.25, -0.2) is 9.07 Å². The Balaban J connectivity index is 1.53. The van der Waals surface area contributed by atoms with Crippen LogP contribution in [0.3, 0.4) is 0 Å². The van der Waals surface area contributed by atoms with Gasteiger partial charge in [0.1, 0.15) is 5.82 Å². The lowest BCUT2D eigenvalue weighted by Gasteiger charge is -2.15. The van der Waals surface area contributed by atoms with Crippen molar-refractivity contribution < 1.29 is 9.18 Å². The van der Waals surface area contributed by atoms with Crippen molar-refractivity contribution >= 4 is 11.6 Å². The third-order valence-electron chi connectivity index (χ3n) is 5.50. The van der Waals surface area contributed by atoms with Gasteiger partial charge in [-0.15, -0.1) is 5.10 Å². The molecule has 4 rings (SSSR count). The van der Waals surface area contributed by atoms with Crippen LogP contribution in [0, 0.1) is 5.82 Å². The molecule has 3 aromatic rings. The van der Waals surface area contributed by atoms with Gasteiger partial charge in [0.25, 0.3) is 0 Å². The van der Waals surface area contributed by atoms with Crippen molar-refractivity contribution in [2.24, 2.45) is 0 Å². The van der Waals surface area contributed by atoms with E-state index in [1.807, 2.05) is 35.9 Å². The van der Waals surface area contributed by atoms with Crippen molar-refractivity contribution in [1.29, 1.82) is 0 Å². The normalized spacial score (nSPS) is 18.7. The summed E-state index contributed by atoms with van der Waals surface area (Å²) in [5, 5.41) is 11.5. The molecule has 1 aliphatic rings. The highest BCUT2D eigenvalue weighted by Crippen LogP contribution is 2.34. The number of hydrogen-bond acceptors (Lipinski definition) is 4. The minimum Gasteiger partial charge on any atom is -0.399 e. The monoisotopic (exact) mass is 393 g/mol. The van der Waals surface area contributed by atoms with Crippen LogP contribution in [0.1, 0.15) is 38.6 Å². The average Bonchev–Trinajstić information content (AvgIpc) is 3.37. The number of anilines is 1. The Labute approximate surface area is 168 Å². The standard InChI is InChI=1S/C22H24FN5O/c1-2-22(29)26-17-8-9-18(12-17)28-21(13-25-27-28)15-5-3-14(4-6-15)19-10-7-16(24)11-20(19)23/h3-7,10-11,13,17-18H,2,8-9,12,24H2,1H3,(H,26,29)/t17-,18?/m0/s1. The van der Waals surface area contributed by atoms with Crippen molar-refractivity contribution in [1.82, 2.24) is 20.3 Å². The molecule has 0 aliphatic heterocycles. The van der Waals surface area contributed by atoms with Gasteiger partial charge in [0.15, 0.2) is 0 Å². The Morgan fingerprint density at radius 3 is 2.69 bits per heavy atom. The van der Waals surface area contributed by atoms with Gasteiger partial charge in [0.05, 0.1) is 17.9 Å². The van der Waals surface area contributed by atoms with Crippen molar-refractivity contribution in [3.05, 3.63) is 54.5 Å². The summed E-state index contributed by atoms with van der Waals surface area (Å²) in [6.45, 7) is 1.86. The van der Waals surface area contributed by atoms with Crippen LogP contribution in [0.15, 0.2) is 48.7 Å². The Hall–Kier alpha value is -3.22. The number of hydrogen-bond donors (Lipinski definition) is 2. The molecule has 1 aliphatic carbocycles.